The van der Waals surface area contributed by atoms with Crippen LogP contribution < -0.4 is 22.9 Å². The van der Waals surface area contributed by atoms with Crippen molar-refractivity contribution in [2.45, 2.75) is 90.5 Å². The third-order valence-corrected chi connectivity index (χ3v) is 5.38. The SMILES string of the molecule is CC(CCCCN)CCCC(N)C(CCCN)CC(C)CCCN. The molecule has 4 unspecified atom stereocenters. The van der Waals surface area contributed by atoms with Crippen molar-refractivity contribution in [1.82, 2.24) is 0 Å². The average molecular weight is 343 g/mol. The largest absolute Gasteiger partial charge is 0.330 e. The summed E-state index contributed by atoms with van der Waals surface area (Å²) < 4.78 is 0. The maximum atomic E-state index is 6.56. The second-order valence-electron chi connectivity index (χ2n) is 7.95. The van der Waals surface area contributed by atoms with Gasteiger partial charge in [-0.3, -0.25) is 0 Å². The van der Waals surface area contributed by atoms with Crippen LogP contribution in [0.25, 0.3) is 0 Å². The van der Waals surface area contributed by atoms with E-state index in [0.29, 0.717) is 12.0 Å². The minimum absolute atomic E-state index is 0.327. The zero-order chi connectivity index (χ0) is 18.2. The highest BCUT2D eigenvalue weighted by atomic mass is 14.6. The molecule has 0 fully saturated rings. The van der Waals surface area contributed by atoms with Crippen molar-refractivity contribution >= 4 is 0 Å². The van der Waals surface area contributed by atoms with Crippen molar-refractivity contribution in [2.24, 2.45) is 40.7 Å². The average Bonchev–Trinajstić information content (AvgIpc) is 2.56. The second kappa shape index (κ2) is 16.3. The van der Waals surface area contributed by atoms with Crippen molar-refractivity contribution in [3.63, 3.8) is 0 Å². The van der Waals surface area contributed by atoms with Gasteiger partial charge in [0.05, 0.1) is 0 Å². The van der Waals surface area contributed by atoms with Gasteiger partial charge in [0.1, 0.15) is 0 Å². The van der Waals surface area contributed by atoms with Crippen LogP contribution >= 0.6 is 0 Å². The number of hydrogen-bond acceptors (Lipinski definition) is 4. The highest BCUT2D eigenvalue weighted by Crippen LogP contribution is 2.26. The topological polar surface area (TPSA) is 104 Å². The molecule has 0 saturated heterocycles. The Morgan fingerprint density at radius 2 is 1.12 bits per heavy atom. The Morgan fingerprint density at radius 3 is 1.75 bits per heavy atom. The molecule has 0 aromatic carbocycles. The Labute approximate surface area is 151 Å². The molecule has 4 atom stereocenters. The van der Waals surface area contributed by atoms with Crippen molar-refractivity contribution in [3.8, 4) is 0 Å². The van der Waals surface area contributed by atoms with Crippen LogP contribution in [0.5, 0.6) is 0 Å². The molecule has 0 rings (SSSR count). The molecule has 0 bridgehead atoms. The van der Waals surface area contributed by atoms with Crippen molar-refractivity contribution < 1.29 is 0 Å². The Hall–Kier alpha value is -0.160. The van der Waals surface area contributed by atoms with E-state index in [2.05, 4.69) is 13.8 Å². The third kappa shape index (κ3) is 13.2. The van der Waals surface area contributed by atoms with Gasteiger partial charge in [-0.1, -0.05) is 39.5 Å². The molecular weight excluding hydrogens is 296 g/mol. The number of rotatable bonds is 17. The number of hydrogen-bond donors (Lipinski definition) is 4. The predicted molar refractivity (Wildman–Crippen MR) is 108 cm³/mol. The van der Waals surface area contributed by atoms with Gasteiger partial charge in [0, 0.05) is 6.04 Å². The highest BCUT2D eigenvalue weighted by Gasteiger charge is 2.20. The first-order valence-electron chi connectivity index (χ1n) is 10.4. The second-order valence-corrected chi connectivity index (χ2v) is 7.95. The van der Waals surface area contributed by atoms with Gasteiger partial charge in [0.25, 0.3) is 0 Å². The van der Waals surface area contributed by atoms with Gasteiger partial charge >= 0.3 is 0 Å². The molecule has 0 aliphatic carbocycles. The van der Waals surface area contributed by atoms with Crippen molar-refractivity contribution in [3.05, 3.63) is 0 Å². The molecule has 4 heteroatoms. The molecule has 8 N–H and O–H groups in total. The van der Waals surface area contributed by atoms with E-state index in [9.17, 15) is 0 Å². The summed E-state index contributed by atoms with van der Waals surface area (Å²) in [6.45, 7) is 7.10. The fourth-order valence-electron chi connectivity index (χ4n) is 3.71. The van der Waals surface area contributed by atoms with E-state index in [4.69, 9.17) is 22.9 Å². The molecule has 0 aromatic heterocycles. The molecule has 146 valence electrons. The van der Waals surface area contributed by atoms with E-state index in [0.717, 1.165) is 57.2 Å². The molecule has 0 amide bonds. The number of nitrogens with two attached hydrogens (primary N) is 4. The lowest BCUT2D eigenvalue weighted by Gasteiger charge is -2.27. The lowest BCUT2D eigenvalue weighted by Crippen LogP contribution is -2.32. The van der Waals surface area contributed by atoms with Crippen LogP contribution in [0, 0.1) is 17.8 Å². The third-order valence-electron chi connectivity index (χ3n) is 5.38. The zero-order valence-corrected chi connectivity index (χ0v) is 16.5. The van der Waals surface area contributed by atoms with Gasteiger partial charge in [0.15, 0.2) is 0 Å². The fourth-order valence-corrected chi connectivity index (χ4v) is 3.71. The van der Waals surface area contributed by atoms with E-state index in [1.807, 2.05) is 0 Å². The van der Waals surface area contributed by atoms with Crippen LogP contribution in [0.3, 0.4) is 0 Å². The summed E-state index contributed by atoms with van der Waals surface area (Å²) in [5.41, 5.74) is 23.5. The van der Waals surface area contributed by atoms with E-state index in [-0.39, 0.29) is 0 Å². The summed E-state index contributed by atoms with van der Waals surface area (Å²) in [6.07, 6.45) is 13.3. The summed E-state index contributed by atoms with van der Waals surface area (Å²) in [5.74, 6) is 2.14. The van der Waals surface area contributed by atoms with E-state index >= 15 is 0 Å². The molecule has 4 nitrogen and oxygen atoms in total. The molecule has 0 heterocycles. The van der Waals surface area contributed by atoms with Crippen LogP contribution in [-0.2, 0) is 0 Å². The molecule has 0 aliphatic rings. The Bertz CT molecular complexity index is 260. The molecule has 24 heavy (non-hydrogen) atoms. The molecule has 0 aromatic rings. The van der Waals surface area contributed by atoms with E-state index in [1.54, 1.807) is 0 Å². The first-order valence-corrected chi connectivity index (χ1v) is 10.4. The monoisotopic (exact) mass is 342 g/mol. The molecule has 0 aliphatic heterocycles. The van der Waals surface area contributed by atoms with E-state index < -0.39 is 0 Å². The van der Waals surface area contributed by atoms with Gasteiger partial charge in [-0.05, 0) is 82.3 Å². The van der Waals surface area contributed by atoms with Crippen LogP contribution in [0.15, 0.2) is 0 Å². The van der Waals surface area contributed by atoms with Gasteiger partial charge in [-0.15, -0.1) is 0 Å². The molecule has 0 radical (unpaired) electrons. The summed E-state index contributed by atoms with van der Waals surface area (Å²) in [5, 5.41) is 0. The summed E-state index contributed by atoms with van der Waals surface area (Å²) in [4.78, 5) is 0. The summed E-state index contributed by atoms with van der Waals surface area (Å²) in [7, 11) is 0. The zero-order valence-electron chi connectivity index (χ0n) is 16.5. The van der Waals surface area contributed by atoms with Crippen LogP contribution in [0.2, 0.25) is 0 Å². The maximum absolute atomic E-state index is 6.56. The van der Waals surface area contributed by atoms with Gasteiger partial charge in [-0.2, -0.15) is 0 Å². The number of unbranched alkanes of at least 4 members (excludes halogenated alkanes) is 1. The Balaban J connectivity index is 4.11. The predicted octanol–water partition coefficient (Wildman–Crippen LogP) is 3.37. The maximum Gasteiger partial charge on any atom is 0.00672 e. The summed E-state index contributed by atoms with van der Waals surface area (Å²) >= 11 is 0. The van der Waals surface area contributed by atoms with Gasteiger partial charge < -0.3 is 22.9 Å². The minimum atomic E-state index is 0.327. The van der Waals surface area contributed by atoms with Crippen LogP contribution in [-0.4, -0.2) is 25.7 Å². The first kappa shape index (κ1) is 23.8. The first-order chi connectivity index (χ1) is 11.5. The lowest BCUT2D eigenvalue weighted by molar-refractivity contribution is 0.283. The summed E-state index contributed by atoms with van der Waals surface area (Å²) in [6, 6.07) is 0.327. The Morgan fingerprint density at radius 1 is 0.583 bits per heavy atom. The molecular formula is C20H46N4. The van der Waals surface area contributed by atoms with Crippen molar-refractivity contribution in [1.29, 1.82) is 0 Å². The molecule has 0 spiro atoms. The molecule has 0 saturated carbocycles. The highest BCUT2D eigenvalue weighted by molar-refractivity contribution is 4.76. The quantitative estimate of drug-likeness (QED) is 0.304. The van der Waals surface area contributed by atoms with Crippen LogP contribution in [0.1, 0.15) is 84.5 Å². The Kier molecular flexibility index (Phi) is 16.2. The van der Waals surface area contributed by atoms with Gasteiger partial charge in [-0.25, -0.2) is 0 Å². The normalized spacial score (nSPS) is 16.8. The fraction of sp³-hybridized carbons (Fsp3) is 1.00. The van der Waals surface area contributed by atoms with Gasteiger partial charge in [0.2, 0.25) is 0 Å². The standard InChI is InChI=1S/C20H46N4/c1-17(8-3-4-13-21)9-5-12-20(24)19(11-7-15-23)16-18(2)10-6-14-22/h17-20H,3-16,21-24H2,1-2H3. The lowest BCUT2D eigenvalue weighted by atomic mass is 9.82. The minimum Gasteiger partial charge on any atom is -0.330 e. The van der Waals surface area contributed by atoms with E-state index in [1.165, 1.54) is 44.9 Å². The van der Waals surface area contributed by atoms with Crippen LogP contribution in [0.4, 0.5) is 0 Å². The smallest absolute Gasteiger partial charge is 0.00672 e. The van der Waals surface area contributed by atoms with Crippen molar-refractivity contribution in [2.75, 3.05) is 19.6 Å².